The van der Waals surface area contributed by atoms with Crippen LogP contribution >= 0.6 is 0 Å². The first-order valence-electron chi connectivity index (χ1n) is 6.65. The quantitative estimate of drug-likeness (QED) is 0.305. The van der Waals surface area contributed by atoms with Gasteiger partial charge in [-0.1, -0.05) is 0 Å². The number of carbonyl (C=O) groups excluding carboxylic acids is 2. The molecule has 0 amide bonds. The van der Waals surface area contributed by atoms with Crippen LogP contribution < -0.4 is 29.6 Å². The van der Waals surface area contributed by atoms with Gasteiger partial charge in [-0.2, -0.15) is 0 Å². The van der Waals surface area contributed by atoms with Crippen LogP contribution in [0.3, 0.4) is 0 Å². The van der Waals surface area contributed by atoms with Crippen LogP contribution in [0.5, 0.6) is 0 Å². The van der Waals surface area contributed by atoms with E-state index in [4.69, 9.17) is 9.47 Å². The molecule has 21 heavy (non-hydrogen) atoms. The Balaban J connectivity index is 0.00000161. The summed E-state index contributed by atoms with van der Waals surface area (Å²) < 4.78 is 42.2. The summed E-state index contributed by atoms with van der Waals surface area (Å²) >= 11 is 0. The van der Waals surface area contributed by atoms with Gasteiger partial charge in [-0.25, -0.2) is 8.42 Å². The largest absolute Gasteiger partial charge is 1.00 e. The Labute approximate surface area is 144 Å². The van der Waals surface area contributed by atoms with E-state index in [1.807, 2.05) is 0 Å². The van der Waals surface area contributed by atoms with E-state index in [2.05, 4.69) is 0 Å². The molecule has 0 aromatic carbocycles. The fourth-order valence-electron chi connectivity index (χ4n) is 3.77. The van der Waals surface area contributed by atoms with E-state index in [0.717, 1.165) is 12.8 Å². The molecule has 4 rings (SSSR count). The summed E-state index contributed by atoms with van der Waals surface area (Å²) in [6.07, 6.45) is 1.80. The molecule has 2 saturated carbocycles. The Morgan fingerprint density at radius 2 is 2.00 bits per heavy atom. The van der Waals surface area contributed by atoms with Gasteiger partial charge in [0.05, 0.1) is 5.92 Å². The third kappa shape index (κ3) is 3.79. The Morgan fingerprint density at radius 3 is 2.67 bits per heavy atom. The maximum atomic E-state index is 11.8. The minimum absolute atomic E-state index is 0. The first kappa shape index (κ1) is 17.2. The van der Waals surface area contributed by atoms with Crippen molar-refractivity contribution < 1.29 is 61.6 Å². The van der Waals surface area contributed by atoms with Crippen molar-refractivity contribution in [2.24, 2.45) is 17.8 Å². The van der Waals surface area contributed by atoms with Crippen LogP contribution in [0.25, 0.3) is 0 Å². The van der Waals surface area contributed by atoms with E-state index in [1.54, 1.807) is 0 Å². The zero-order valence-electron chi connectivity index (χ0n) is 11.7. The molecule has 5 atom stereocenters. The Bertz CT molecular complexity index is 546. The van der Waals surface area contributed by atoms with Crippen molar-refractivity contribution in [2.45, 2.75) is 37.9 Å². The molecule has 2 saturated heterocycles. The van der Waals surface area contributed by atoms with E-state index in [1.165, 1.54) is 0 Å². The maximum Gasteiger partial charge on any atom is 1.00 e. The van der Waals surface area contributed by atoms with Crippen molar-refractivity contribution >= 4 is 22.1 Å². The number of carbonyl (C=O) groups is 2. The maximum absolute atomic E-state index is 11.8. The first-order valence-corrected chi connectivity index (χ1v) is 8.23. The minimum atomic E-state index is -4.65. The molecule has 0 radical (unpaired) electrons. The van der Waals surface area contributed by atoms with E-state index in [9.17, 15) is 22.6 Å². The molecule has 4 fully saturated rings. The number of hydrogen-bond acceptors (Lipinski definition) is 7. The SMILES string of the molecule is O=C(CS(=O)(=O)[O-])OC1C2CC3CC(C2)C(=O)OC1C3.[Na+]. The molecular weight excluding hydrogens is 311 g/mol. The van der Waals surface area contributed by atoms with Gasteiger partial charge in [0.1, 0.15) is 28.1 Å². The molecule has 2 aliphatic carbocycles. The standard InChI is InChI=1S/C12H16O7S.Na/c13-10(5-20(15,16)17)19-11-7-1-6-2-8(4-7)12(14)18-9(11)3-6;/h6-9,11H,1-5H2,(H,15,16,17);/q;+1/p-1. The van der Waals surface area contributed by atoms with Gasteiger partial charge >= 0.3 is 41.5 Å². The average molecular weight is 326 g/mol. The Hall–Kier alpha value is -0.150. The van der Waals surface area contributed by atoms with Crippen LogP contribution in [-0.2, 0) is 29.2 Å². The van der Waals surface area contributed by atoms with Crippen LogP contribution in [-0.4, -0.2) is 42.9 Å². The summed E-state index contributed by atoms with van der Waals surface area (Å²) in [5.41, 5.74) is 0. The van der Waals surface area contributed by atoms with E-state index in [-0.39, 0.29) is 47.4 Å². The molecule has 0 N–H and O–H groups in total. The van der Waals surface area contributed by atoms with E-state index >= 15 is 0 Å². The summed E-state index contributed by atoms with van der Waals surface area (Å²) in [6, 6.07) is 0. The third-order valence-electron chi connectivity index (χ3n) is 4.40. The van der Waals surface area contributed by atoms with E-state index in [0.29, 0.717) is 18.8 Å². The number of rotatable bonds is 3. The van der Waals surface area contributed by atoms with Crippen LogP contribution in [0.2, 0.25) is 0 Å². The summed E-state index contributed by atoms with van der Waals surface area (Å²) in [5, 5.41) is 0. The van der Waals surface area contributed by atoms with Crippen LogP contribution in [0.1, 0.15) is 25.7 Å². The molecule has 112 valence electrons. The summed E-state index contributed by atoms with van der Waals surface area (Å²) in [5.74, 6) is -2.22. The molecule has 2 heterocycles. The van der Waals surface area contributed by atoms with Gasteiger partial charge in [0.2, 0.25) is 0 Å². The van der Waals surface area contributed by atoms with Gasteiger partial charge in [0, 0.05) is 5.92 Å². The molecule has 0 spiro atoms. The predicted molar refractivity (Wildman–Crippen MR) is 63.3 cm³/mol. The number of fused-ring (bicyclic) bond motifs is 1. The van der Waals surface area contributed by atoms with Crippen LogP contribution in [0, 0.1) is 17.8 Å². The first-order chi connectivity index (χ1) is 9.32. The van der Waals surface area contributed by atoms with Gasteiger partial charge < -0.3 is 14.0 Å². The van der Waals surface area contributed by atoms with Gasteiger partial charge in [0.15, 0.2) is 0 Å². The topological polar surface area (TPSA) is 110 Å². The average Bonchev–Trinajstić information content (AvgIpc) is 2.45. The second-order valence-corrected chi connectivity index (χ2v) is 7.30. The van der Waals surface area contributed by atoms with Crippen molar-refractivity contribution in [2.75, 3.05) is 5.75 Å². The normalized spacial score (nSPS) is 37.4. The number of ether oxygens (including phenoxy) is 2. The molecule has 0 aromatic rings. The summed E-state index contributed by atoms with van der Waals surface area (Å²) in [6.45, 7) is 0. The Kier molecular flexibility index (Phi) is 5.04. The van der Waals surface area contributed by atoms with Crippen molar-refractivity contribution in [3.8, 4) is 0 Å². The van der Waals surface area contributed by atoms with Crippen molar-refractivity contribution in [1.82, 2.24) is 0 Å². The second kappa shape index (κ2) is 6.16. The van der Waals surface area contributed by atoms with Gasteiger partial charge in [-0.3, -0.25) is 9.59 Å². The third-order valence-corrected chi connectivity index (χ3v) is 4.99. The summed E-state index contributed by atoms with van der Waals surface area (Å²) in [7, 11) is -4.65. The predicted octanol–water partition coefficient (Wildman–Crippen LogP) is -3.19. The fourth-order valence-corrected chi connectivity index (χ4v) is 4.12. The van der Waals surface area contributed by atoms with Gasteiger partial charge in [-0.15, -0.1) is 0 Å². The number of esters is 2. The monoisotopic (exact) mass is 326 g/mol. The van der Waals surface area contributed by atoms with Crippen LogP contribution in [0.15, 0.2) is 0 Å². The van der Waals surface area contributed by atoms with Crippen molar-refractivity contribution in [3.63, 3.8) is 0 Å². The molecule has 2 aliphatic heterocycles. The zero-order valence-corrected chi connectivity index (χ0v) is 14.5. The molecule has 9 heteroatoms. The molecule has 4 aliphatic rings. The minimum Gasteiger partial charge on any atom is -0.748 e. The van der Waals surface area contributed by atoms with Gasteiger partial charge in [-0.05, 0) is 31.6 Å². The molecule has 0 aromatic heterocycles. The molecule has 4 bridgehead atoms. The van der Waals surface area contributed by atoms with Crippen LogP contribution in [0.4, 0.5) is 0 Å². The van der Waals surface area contributed by atoms with Crippen molar-refractivity contribution in [3.05, 3.63) is 0 Å². The van der Waals surface area contributed by atoms with Crippen molar-refractivity contribution in [1.29, 1.82) is 0 Å². The number of hydrogen-bond donors (Lipinski definition) is 0. The van der Waals surface area contributed by atoms with E-state index < -0.39 is 34.0 Å². The molecule has 7 nitrogen and oxygen atoms in total. The fraction of sp³-hybridized carbons (Fsp3) is 0.833. The molecular formula is C12H15NaO7S. The zero-order chi connectivity index (χ0) is 14.5. The molecule has 5 unspecified atom stereocenters. The Morgan fingerprint density at radius 1 is 1.29 bits per heavy atom. The second-order valence-electron chi connectivity index (χ2n) is 5.90. The summed E-state index contributed by atoms with van der Waals surface area (Å²) in [4.78, 5) is 23.3. The smallest absolute Gasteiger partial charge is 0.748 e. The van der Waals surface area contributed by atoms with Gasteiger partial charge in [0.25, 0.3) is 0 Å².